The Bertz CT molecular complexity index is 284. The first-order valence-corrected chi connectivity index (χ1v) is 6.58. The van der Waals surface area contributed by atoms with Crippen LogP contribution in [0.25, 0.3) is 0 Å². The average Bonchev–Trinajstić information content (AvgIpc) is 2.36. The fraction of sp³-hybridized carbons (Fsp3) is 0.833. The number of piperidine rings is 1. The van der Waals surface area contributed by atoms with Gasteiger partial charge in [-0.1, -0.05) is 0 Å². The highest BCUT2D eigenvalue weighted by molar-refractivity contribution is 5.76. The third kappa shape index (κ3) is 4.91. The van der Waals surface area contributed by atoms with Crippen molar-refractivity contribution >= 4 is 12.0 Å². The lowest BCUT2D eigenvalue weighted by Crippen LogP contribution is -2.49. The van der Waals surface area contributed by atoms with Crippen LogP contribution in [0.2, 0.25) is 0 Å². The van der Waals surface area contributed by atoms with Crippen LogP contribution in [0.1, 0.15) is 32.6 Å². The molecule has 0 spiro atoms. The van der Waals surface area contributed by atoms with Gasteiger partial charge in [0, 0.05) is 25.6 Å². The summed E-state index contributed by atoms with van der Waals surface area (Å²) in [5, 5.41) is 2.78. The normalized spacial score (nSPS) is 19.4. The van der Waals surface area contributed by atoms with Gasteiger partial charge >= 0.3 is 6.09 Å². The molecule has 1 aliphatic heterocycles. The molecule has 0 radical (unpaired) electrons. The van der Waals surface area contributed by atoms with Crippen LogP contribution in [-0.4, -0.2) is 49.2 Å². The van der Waals surface area contributed by atoms with Crippen LogP contribution in [0.5, 0.6) is 0 Å². The second-order valence-corrected chi connectivity index (χ2v) is 4.44. The Balaban J connectivity index is 2.36. The zero-order chi connectivity index (χ0) is 13.4. The van der Waals surface area contributed by atoms with Gasteiger partial charge < -0.3 is 20.7 Å². The number of alkyl carbamates (subject to hydrolysis) is 1. The molecule has 1 aliphatic rings. The predicted molar refractivity (Wildman–Crippen MR) is 68.0 cm³/mol. The van der Waals surface area contributed by atoms with Gasteiger partial charge in [-0.25, -0.2) is 4.79 Å². The Hall–Kier alpha value is -1.30. The molecule has 1 atom stereocenters. The average molecular weight is 257 g/mol. The Morgan fingerprint density at radius 3 is 2.94 bits per heavy atom. The predicted octanol–water partition coefficient (Wildman–Crippen LogP) is 0.462. The maximum Gasteiger partial charge on any atom is 0.407 e. The Morgan fingerprint density at radius 1 is 1.50 bits per heavy atom. The number of carbonyl (C=O) groups is 2. The summed E-state index contributed by atoms with van der Waals surface area (Å²) >= 11 is 0. The maximum absolute atomic E-state index is 11.8. The molecule has 1 saturated heterocycles. The summed E-state index contributed by atoms with van der Waals surface area (Å²) in [6.07, 6.45) is 2.59. The third-order valence-corrected chi connectivity index (χ3v) is 2.97. The van der Waals surface area contributed by atoms with Gasteiger partial charge in [0.25, 0.3) is 0 Å². The molecule has 0 bridgehead atoms. The van der Waals surface area contributed by atoms with E-state index >= 15 is 0 Å². The van der Waals surface area contributed by atoms with Gasteiger partial charge in [-0.15, -0.1) is 0 Å². The van der Waals surface area contributed by atoms with Crippen molar-refractivity contribution in [2.45, 2.75) is 38.6 Å². The number of nitrogens with two attached hydrogens (primary N) is 1. The number of hydrogen-bond donors (Lipinski definition) is 2. The smallest absolute Gasteiger partial charge is 0.407 e. The van der Waals surface area contributed by atoms with Gasteiger partial charge in [0.05, 0.1) is 6.61 Å². The van der Waals surface area contributed by atoms with E-state index in [9.17, 15) is 9.59 Å². The summed E-state index contributed by atoms with van der Waals surface area (Å²) in [5.41, 5.74) is 5.39. The van der Waals surface area contributed by atoms with Gasteiger partial charge in [0.1, 0.15) is 0 Å². The minimum absolute atomic E-state index is 0.000346. The van der Waals surface area contributed by atoms with Gasteiger partial charge in [-0.2, -0.15) is 0 Å². The highest BCUT2D eigenvalue weighted by Crippen LogP contribution is 2.12. The molecular weight excluding hydrogens is 234 g/mol. The number of nitrogens with one attached hydrogen (secondary N) is 1. The van der Waals surface area contributed by atoms with E-state index in [1.54, 1.807) is 11.8 Å². The Morgan fingerprint density at radius 2 is 2.28 bits per heavy atom. The molecule has 1 rings (SSSR count). The van der Waals surface area contributed by atoms with Crippen LogP contribution >= 0.6 is 0 Å². The summed E-state index contributed by atoms with van der Waals surface area (Å²) < 4.78 is 4.84. The molecule has 18 heavy (non-hydrogen) atoms. The summed E-state index contributed by atoms with van der Waals surface area (Å²) in [6, 6.07) is -0.000346. The molecule has 0 aromatic carbocycles. The fourth-order valence-corrected chi connectivity index (χ4v) is 2.07. The number of likely N-dealkylation sites (tertiary alicyclic amines) is 1. The number of rotatable bonds is 5. The summed E-state index contributed by atoms with van der Waals surface area (Å²) in [4.78, 5) is 24.9. The van der Waals surface area contributed by atoms with E-state index in [1.165, 1.54) is 0 Å². The molecule has 1 unspecified atom stereocenters. The quantitative estimate of drug-likeness (QED) is 0.749. The van der Waals surface area contributed by atoms with E-state index in [1.807, 2.05) is 0 Å². The van der Waals surface area contributed by atoms with Crippen molar-refractivity contribution in [3.63, 3.8) is 0 Å². The molecule has 3 N–H and O–H groups in total. The SMILES string of the molecule is CCOC(=O)NC1CCCN(C(=O)CCCN)C1. The van der Waals surface area contributed by atoms with Crippen LogP contribution in [-0.2, 0) is 9.53 Å². The Kier molecular flexibility index (Phi) is 6.49. The molecule has 1 heterocycles. The first-order chi connectivity index (χ1) is 8.67. The maximum atomic E-state index is 11.8. The van der Waals surface area contributed by atoms with Crippen LogP contribution in [0.15, 0.2) is 0 Å². The number of ether oxygens (including phenoxy) is 1. The second-order valence-electron chi connectivity index (χ2n) is 4.44. The molecule has 0 aromatic heterocycles. The molecule has 6 nitrogen and oxygen atoms in total. The fourth-order valence-electron chi connectivity index (χ4n) is 2.07. The van der Waals surface area contributed by atoms with Gasteiger partial charge in [-0.3, -0.25) is 4.79 Å². The number of amides is 2. The van der Waals surface area contributed by atoms with E-state index in [2.05, 4.69) is 5.32 Å². The molecule has 6 heteroatoms. The van der Waals surface area contributed by atoms with Gasteiger partial charge in [0.15, 0.2) is 0 Å². The number of hydrogen-bond acceptors (Lipinski definition) is 4. The van der Waals surface area contributed by atoms with Crippen LogP contribution in [0.4, 0.5) is 4.79 Å². The highest BCUT2D eigenvalue weighted by atomic mass is 16.5. The second kappa shape index (κ2) is 7.92. The van der Waals surface area contributed by atoms with E-state index in [-0.39, 0.29) is 11.9 Å². The summed E-state index contributed by atoms with van der Waals surface area (Å²) in [6.45, 7) is 4.00. The van der Waals surface area contributed by atoms with Crippen molar-refractivity contribution in [3.05, 3.63) is 0 Å². The van der Waals surface area contributed by atoms with Crippen molar-refractivity contribution < 1.29 is 14.3 Å². The topological polar surface area (TPSA) is 84.7 Å². The standard InChI is InChI=1S/C12H23N3O3/c1-2-18-12(17)14-10-5-4-8-15(9-10)11(16)6-3-7-13/h10H,2-9,13H2,1H3,(H,14,17). The monoisotopic (exact) mass is 257 g/mol. The lowest BCUT2D eigenvalue weighted by Gasteiger charge is -2.33. The number of nitrogens with zero attached hydrogens (tertiary/aromatic N) is 1. The molecule has 0 saturated carbocycles. The summed E-state index contributed by atoms with van der Waals surface area (Å²) in [5.74, 6) is 0.121. The molecule has 2 amide bonds. The molecule has 104 valence electrons. The first-order valence-electron chi connectivity index (χ1n) is 6.58. The highest BCUT2D eigenvalue weighted by Gasteiger charge is 2.24. The molecule has 1 fully saturated rings. The van der Waals surface area contributed by atoms with Crippen molar-refractivity contribution in [1.29, 1.82) is 0 Å². The van der Waals surface area contributed by atoms with Crippen LogP contribution < -0.4 is 11.1 Å². The van der Waals surface area contributed by atoms with Crippen molar-refractivity contribution in [2.75, 3.05) is 26.2 Å². The van der Waals surface area contributed by atoms with E-state index in [0.29, 0.717) is 32.5 Å². The Labute approximate surface area is 108 Å². The van der Waals surface area contributed by atoms with Crippen molar-refractivity contribution in [2.24, 2.45) is 5.73 Å². The lowest BCUT2D eigenvalue weighted by molar-refractivity contribution is -0.132. The summed E-state index contributed by atoms with van der Waals surface area (Å²) in [7, 11) is 0. The third-order valence-electron chi connectivity index (χ3n) is 2.97. The van der Waals surface area contributed by atoms with Gasteiger partial charge in [0.2, 0.25) is 5.91 Å². The molecule has 0 aromatic rings. The van der Waals surface area contributed by atoms with Crippen LogP contribution in [0, 0.1) is 0 Å². The van der Waals surface area contributed by atoms with Crippen molar-refractivity contribution in [1.82, 2.24) is 10.2 Å². The minimum atomic E-state index is -0.404. The minimum Gasteiger partial charge on any atom is -0.450 e. The molecular formula is C12H23N3O3. The van der Waals surface area contributed by atoms with E-state index < -0.39 is 6.09 Å². The first kappa shape index (κ1) is 14.8. The largest absolute Gasteiger partial charge is 0.450 e. The van der Waals surface area contributed by atoms with Gasteiger partial charge in [-0.05, 0) is 32.7 Å². The van der Waals surface area contributed by atoms with Crippen molar-refractivity contribution in [3.8, 4) is 0 Å². The molecule has 0 aliphatic carbocycles. The van der Waals surface area contributed by atoms with E-state index in [0.717, 1.165) is 19.4 Å². The lowest BCUT2D eigenvalue weighted by atomic mass is 10.1. The zero-order valence-corrected chi connectivity index (χ0v) is 11.0. The zero-order valence-electron chi connectivity index (χ0n) is 11.0. The van der Waals surface area contributed by atoms with E-state index in [4.69, 9.17) is 10.5 Å². The number of carbonyl (C=O) groups excluding carboxylic acids is 2. The van der Waals surface area contributed by atoms with Crippen LogP contribution in [0.3, 0.4) is 0 Å².